The highest BCUT2D eigenvalue weighted by molar-refractivity contribution is 7.19. The number of aromatic amines is 2. The van der Waals surface area contributed by atoms with Crippen LogP contribution in [-0.4, -0.2) is 56.0 Å². The molecule has 0 spiro atoms. The number of aromatic nitrogens is 8. The first-order chi connectivity index (χ1) is 64.8. The Morgan fingerprint density at radius 3 is 1.06 bits per heavy atom. The lowest BCUT2D eigenvalue weighted by atomic mass is 9.91. The monoisotopic (exact) mass is 1860 g/mol. The van der Waals surface area contributed by atoms with Gasteiger partial charge in [0.05, 0.1) is 94.8 Å². The number of hydrogen-bond donors (Lipinski definition) is 2. The second-order valence-electron chi connectivity index (χ2n) is 37.5. The highest BCUT2D eigenvalue weighted by atomic mass is 32.1. The van der Waals surface area contributed by atoms with Gasteiger partial charge in [-0.15, -0.1) is 22.7 Å². The summed E-state index contributed by atoms with van der Waals surface area (Å²) in [4.78, 5) is 135. The fraction of sp³-hybridized carbons (Fsp3) is 0.369. The highest BCUT2D eigenvalue weighted by Gasteiger charge is 2.81. The Morgan fingerprint density at radius 2 is 0.689 bits per heavy atom. The molecule has 135 heavy (non-hydrogen) atoms. The zero-order valence-corrected chi connectivity index (χ0v) is 80.1. The fourth-order valence-electron chi connectivity index (χ4n) is 21.2. The summed E-state index contributed by atoms with van der Waals surface area (Å²) < 4.78 is 105. The van der Waals surface area contributed by atoms with Crippen LogP contribution in [0.25, 0.3) is 152 Å². The van der Waals surface area contributed by atoms with Gasteiger partial charge in [0.25, 0.3) is 44.5 Å². The van der Waals surface area contributed by atoms with Crippen molar-refractivity contribution in [1.29, 1.82) is 0 Å². The molecule has 18 rings (SSSR count). The maximum Gasteiger partial charge on any atom is 0.380 e. The van der Waals surface area contributed by atoms with Gasteiger partial charge in [-0.25, -0.2) is 19.1 Å². The molecule has 0 unspecified atom stereocenters. The van der Waals surface area contributed by atoms with Crippen molar-refractivity contribution in [2.24, 2.45) is 0 Å². The molecular weight excluding hydrogens is 1750 g/mol. The first kappa shape index (κ1) is 93.1. The summed E-state index contributed by atoms with van der Waals surface area (Å²) in [5.74, 6) is -17.0. The molecule has 2 N–H and O–H groups in total. The van der Waals surface area contributed by atoms with Crippen molar-refractivity contribution in [2.45, 2.75) is 268 Å². The molecule has 0 atom stereocenters. The van der Waals surface area contributed by atoms with Crippen molar-refractivity contribution in [3.05, 3.63) is 281 Å². The van der Waals surface area contributed by atoms with Gasteiger partial charge >= 0.3 is 17.8 Å². The normalized spacial score (nSPS) is 14.5. The predicted octanol–water partition coefficient (Wildman–Crippen LogP) is 26.6. The lowest BCUT2D eigenvalue weighted by molar-refractivity contribution is -0.254. The Hall–Kier alpha value is -12.3. The van der Waals surface area contributed by atoms with Crippen LogP contribution in [-0.2, 0) is 25.9 Å². The Morgan fingerprint density at radius 1 is 0.348 bits per heavy atom. The van der Waals surface area contributed by atoms with E-state index in [-0.39, 0.29) is 97.5 Å². The van der Waals surface area contributed by atoms with E-state index in [4.69, 9.17) is 9.97 Å². The molecular formula is C111H110F6N8O8S2. The second-order valence-corrected chi connectivity index (χ2v) is 40.0. The summed E-state index contributed by atoms with van der Waals surface area (Å²) in [6, 6.07) is 33.6. The minimum Gasteiger partial charge on any atom is -0.354 e. The lowest BCUT2D eigenvalue weighted by Crippen LogP contribution is -2.48. The topological polar surface area (TPSA) is 214 Å². The minimum atomic E-state index is -6.00. The smallest absolute Gasteiger partial charge is 0.354 e. The predicted molar refractivity (Wildman–Crippen MR) is 542 cm³/mol. The Balaban J connectivity index is 0.716. The fourth-order valence-corrected chi connectivity index (χ4v) is 23.4. The van der Waals surface area contributed by atoms with E-state index in [1.807, 2.05) is 31.2 Å². The highest BCUT2D eigenvalue weighted by Crippen LogP contribution is 2.67. The number of hydrogen-bond acceptors (Lipinski definition) is 12. The van der Waals surface area contributed by atoms with Gasteiger partial charge in [0.2, 0.25) is 0 Å². The van der Waals surface area contributed by atoms with E-state index in [0.717, 1.165) is 267 Å². The number of allylic oxidation sites excluding steroid dienone is 6. The molecule has 6 aromatic carbocycles. The van der Waals surface area contributed by atoms with E-state index in [1.54, 1.807) is 0 Å². The molecule has 696 valence electrons. The molecule has 3 aliphatic rings. The van der Waals surface area contributed by atoms with Crippen LogP contribution in [0.5, 0.6) is 0 Å². The quantitative estimate of drug-likeness (QED) is 0.0293. The molecule has 9 aromatic heterocycles. The molecule has 16 nitrogen and oxygen atoms in total. The number of nitrogens with one attached hydrogen (secondary N) is 2. The van der Waals surface area contributed by atoms with Crippen LogP contribution in [0, 0.1) is 34.6 Å². The van der Waals surface area contributed by atoms with Crippen LogP contribution in [0.3, 0.4) is 0 Å². The first-order valence-electron chi connectivity index (χ1n) is 48.0. The largest absolute Gasteiger partial charge is 0.380 e. The molecule has 8 bridgehead atoms. The summed E-state index contributed by atoms with van der Waals surface area (Å²) >= 11 is 1.55. The SMILES string of the molecule is CCCCCCC1=C(C)c2nc1cc1[nH]c(c(C)c1CCCCCC)c(-c1ccc(C)cc1)c1nc(cc3[nH]c(c(C)c3CCCCCC)c2-c2ccc(Cn3c(=O)c4cc5c(=O)n(-c6ccc7c(C8=C(c9c(C)sc%10cc(-n%11c(=O)c%12cc%13c(=O)n(CCCCCC)c(=O)c%13cc%12c%11=O)ccc9%10)C(F)(F)C(F)(F)C8(F)F)c(C)sc7c6)c(=O)c5cc4c3=O)cc2)C(CCCCCC)=C1C. The number of thiophene rings is 2. The van der Waals surface area contributed by atoms with Crippen LogP contribution in [0.2, 0.25) is 0 Å². The third kappa shape index (κ3) is 15.7. The average molecular weight is 1860 g/mol. The lowest BCUT2D eigenvalue weighted by Gasteiger charge is -2.26. The number of halogens is 6. The molecule has 11 heterocycles. The number of fused-ring (bicyclic) bond motifs is 14. The summed E-state index contributed by atoms with van der Waals surface area (Å²) in [5, 5.41) is -1.45. The summed E-state index contributed by atoms with van der Waals surface area (Å²) in [7, 11) is 0. The number of unbranched alkanes of at least 4 members (excludes halogenated alkanes) is 15. The van der Waals surface area contributed by atoms with Crippen molar-refractivity contribution >= 4 is 141 Å². The van der Waals surface area contributed by atoms with E-state index >= 15 is 26.3 Å². The first-order valence-corrected chi connectivity index (χ1v) is 49.6. The van der Waals surface area contributed by atoms with Gasteiger partial charge in [0.1, 0.15) is 0 Å². The zero-order valence-electron chi connectivity index (χ0n) is 78.5. The Bertz CT molecular complexity index is 7990. The van der Waals surface area contributed by atoms with Crippen molar-refractivity contribution in [2.75, 3.05) is 0 Å². The van der Waals surface area contributed by atoms with Gasteiger partial charge in [-0.2, -0.15) is 26.3 Å². The van der Waals surface area contributed by atoms with Crippen LogP contribution < -0.4 is 44.5 Å². The number of H-pyrrole nitrogens is 2. The molecule has 0 saturated heterocycles. The number of rotatable bonds is 33. The number of benzene rings is 6. The summed E-state index contributed by atoms with van der Waals surface area (Å²) in [6.45, 7) is 24.7. The van der Waals surface area contributed by atoms with Crippen LogP contribution in [0.4, 0.5) is 26.3 Å². The summed E-state index contributed by atoms with van der Waals surface area (Å²) in [5.41, 5.74) is 12.0. The molecule has 0 saturated carbocycles. The third-order valence-electron chi connectivity index (χ3n) is 28.7. The van der Waals surface area contributed by atoms with Gasteiger partial charge in [0, 0.05) is 80.9 Å². The van der Waals surface area contributed by atoms with E-state index in [0.29, 0.717) is 12.0 Å². The van der Waals surface area contributed by atoms with Gasteiger partial charge in [-0.05, 0) is 228 Å². The number of nitrogens with zero attached hydrogens (tertiary/aromatic N) is 6. The number of alkyl halides is 6. The average Bonchev–Trinajstić information content (AvgIpc) is 1.51. The van der Waals surface area contributed by atoms with E-state index in [1.165, 1.54) is 113 Å². The van der Waals surface area contributed by atoms with Crippen LogP contribution in [0.15, 0.2) is 160 Å². The van der Waals surface area contributed by atoms with E-state index in [2.05, 4.69) is 109 Å². The van der Waals surface area contributed by atoms with Crippen LogP contribution >= 0.6 is 22.7 Å². The minimum absolute atomic E-state index is 0.0462. The van der Waals surface area contributed by atoms with Crippen molar-refractivity contribution in [3.8, 4) is 33.6 Å². The van der Waals surface area contributed by atoms with Gasteiger partial charge in [-0.3, -0.25) is 47.5 Å². The van der Waals surface area contributed by atoms with Crippen molar-refractivity contribution in [1.82, 2.24) is 38.2 Å². The summed E-state index contributed by atoms with van der Waals surface area (Å²) in [6.07, 6.45) is 23.8. The van der Waals surface area contributed by atoms with Gasteiger partial charge in [-0.1, -0.05) is 197 Å². The van der Waals surface area contributed by atoms with E-state index < -0.39 is 84.5 Å². The third-order valence-corrected chi connectivity index (χ3v) is 30.8. The maximum atomic E-state index is 17.1. The Labute approximate surface area is 783 Å². The second kappa shape index (κ2) is 36.7. The van der Waals surface area contributed by atoms with E-state index in [9.17, 15) is 38.4 Å². The molecule has 2 aliphatic heterocycles. The van der Waals surface area contributed by atoms with Crippen LogP contribution in [0.1, 0.15) is 267 Å². The van der Waals surface area contributed by atoms with Gasteiger partial charge < -0.3 is 9.97 Å². The zero-order chi connectivity index (χ0) is 95.4. The maximum absolute atomic E-state index is 17.1. The standard InChI is InChI=1S/C111H110F6N8O8S2/c1-13-18-23-28-33-71-60(7)97-93(67-41-37-59(6)38-42-67)98-61(8)72(34-29-24-19-14-2)86(119-98)57-88-74(36-31-26-21-16-4)63(10)100(121-88)94(99-62(9)73(35-30-25-20-15-3)87(120-99)56-85(71)118-97)68-43-39-66(40-44-68)58-123-103(128)79-54-83-84(55-80(79)104(123)129)108(133)125(107(83)132)70-46-48-76-90(51-70)135-65(12)92(76)96-95(109(112,113)111(116,117)110(96,114)115)91-64(11)134-89-50-69(45-47-75(89)91)124-105(130)81-52-77-78(53-82(81)106(124)131)102(127)122(101(77)126)49-32-27-22-17-5/h37-48,50-57,118,121H,13-36,49,58H2,1-12H3. The van der Waals surface area contributed by atoms with Crippen molar-refractivity contribution < 1.29 is 26.3 Å². The molecule has 0 radical (unpaired) electrons. The van der Waals surface area contributed by atoms with Crippen molar-refractivity contribution in [3.63, 3.8) is 0 Å². The molecule has 15 aromatic rings. The molecule has 1 aliphatic carbocycles. The molecule has 24 heteroatoms. The Kier molecular flexibility index (Phi) is 25.3. The number of aryl methyl sites for hydroxylation is 7. The molecule has 0 fully saturated rings. The molecule has 0 amide bonds. The van der Waals surface area contributed by atoms with Gasteiger partial charge in [0.15, 0.2) is 0 Å².